The quantitative estimate of drug-likeness (QED) is 0.610. The molecule has 0 bridgehead atoms. The van der Waals surface area contributed by atoms with Crippen LogP contribution in [0.5, 0.6) is 0 Å². The number of hydrogen-bond acceptors (Lipinski definition) is 1. The minimum absolute atomic E-state index is 0.0984. The molecule has 0 aliphatic heterocycles. The summed E-state index contributed by atoms with van der Waals surface area (Å²) in [6.07, 6.45) is 0. The van der Waals surface area contributed by atoms with Crippen molar-refractivity contribution in [3.63, 3.8) is 0 Å². The van der Waals surface area contributed by atoms with Crippen molar-refractivity contribution in [3.05, 3.63) is 35.6 Å². The summed E-state index contributed by atoms with van der Waals surface area (Å²) in [5.74, 6) is -1.39. The van der Waals surface area contributed by atoms with Crippen molar-refractivity contribution in [2.45, 2.75) is 0 Å². The molecule has 10 heavy (non-hydrogen) atoms. The van der Waals surface area contributed by atoms with Gasteiger partial charge in [0.2, 0.25) is 0 Å². The van der Waals surface area contributed by atoms with E-state index in [0.29, 0.717) is 0 Å². The Balaban J connectivity index is 3.15. The Bertz CT molecular complexity index is 260. The summed E-state index contributed by atoms with van der Waals surface area (Å²) in [7, 11) is 0. The summed E-state index contributed by atoms with van der Waals surface area (Å²) in [5, 5.41) is 0. The molecule has 2 N–H and O–H groups in total. The molecule has 1 amide bonds. The molecule has 0 saturated carbocycles. The van der Waals surface area contributed by atoms with Crippen LogP contribution >= 0.6 is 0 Å². The predicted molar refractivity (Wildman–Crippen MR) is 33.8 cm³/mol. The predicted octanol–water partition coefficient (Wildman–Crippen LogP) is 0.725. The van der Waals surface area contributed by atoms with Crippen molar-refractivity contribution in [2.75, 3.05) is 0 Å². The third-order valence-electron chi connectivity index (χ3n) is 1.08. The molecule has 1 rings (SSSR count). The Kier molecular flexibility index (Phi) is 1.67. The Morgan fingerprint density at radius 3 is 2.80 bits per heavy atom. The molecule has 51 valence electrons. The summed E-state index contributed by atoms with van der Waals surface area (Å²) in [6, 6.07) is 6.27. The summed E-state index contributed by atoms with van der Waals surface area (Å²) >= 11 is 0. The van der Waals surface area contributed by atoms with Gasteiger partial charge < -0.3 is 5.73 Å². The van der Waals surface area contributed by atoms with Crippen LogP contribution < -0.4 is 5.73 Å². The molecule has 2 nitrogen and oxygen atoms in total. The van der Waals surface area contributed by atoms with Gasteiger partial charge in [0, 0.05) is 0 Å². The van der Waals surface area contributed by atoms with E-state index < -0.39 is 11.7 Å². The lowest BCUT2D eigenvalue weighted by atomic mass is 10.2. The Hall–Kier alpha value is -1.38. The van der Waals surface area contributed by atoms with Gasteiger partial charge in [0.05, 0.1) is 5.56 Å². The molecule has 0 unspecified atom stereocenters. The fourth-order valence-electron chi connectivity index (χ4n) is 0.610. The van der Waals surface area contributed by atoms with Gasteiger partial charge in [-0.1, -0.05) is 6.07 Å². The molecule has 0 saturated heterocycles. The number of benzene rings is 1. The van der Waals surface area contributed by atoms with Crippen molar-refractivity contribution in [3.8, 4) is 0 Å². The van der Waals surface area contributed by atoms with Crippen molar-refractivity contribution < 1.29 is 9.18 Å². The largest absolute Gasteiger partial charge is 0.366 e. The first-order chi connectivity index (χ1) is 4.72. The highest BCUT2D eigenvalue weighted by Gasteiger charge is 2.04. The van der Waals surface area contributed by atoms with E-state index in [1.54, 1.807) is 0 Å². The van der Waals surface area contributed by atoms with Gasteiger partial charge >= 0.3 is 0 Å². The number of halogens is 1. The number of rotatable bonds is 1. The van der Waals surface area contributed by atoms with Gasteiger partial charge in [0.1, 0.15) is 5.82 Å². The topological polar surface area (TPSA) is 43.1 Å². The molecule has 1 aromatic carbocycles. The highest BCUT2D eigenvalue weighted by molar-refractivity contribution is 5.92. The van der Waals surface area contributed by atoms with E-state index in [9.17, 15) is 9.18 Å². The van der Waals surface area contributed by atoms with Gasteiger partial charge in [0.25, 0.3) is 5.91 Å². The van der Waals surface area contributed by atoms with Gasteiger partial charge in [-0.25, -0.2) is 4.39 Å². The van der Waals surface area contributed by atoms with Gasteiger partial charge in [0.15, 0.2) is 0 Å². The van der Waals surface area contributed by atoms with Crippen molar-refractivity contribution in [1.82, 2.24) is 0 Å². The second kappa shape index (κ2) is 2.47. The second-order valence-corrected chi connectivity index (χ2v) is 1.77. The van der Waals surface area contributed by atoms with Gasteiger partial charge in [-0.05, 0) is 18.2 Å². The van der Waals surface area contributed by atoms with Crippen LogP contribution in [0.15, 0.2) is 18.2 Å². The van der Waals surface area contributed by atoms with Crippen LogP contribution in [0, 0.1) is 11.9 Å². The van der Waals surface area contributed by atoms with Gasteiger partial charge in [-0.15, -0.1) is 0 Å². The molecule has 0 aromatic heterocycles. The zero-order valence-corrected chi connectivity index (χ0v) is 5.10. The van der Waals surface area contributed by atoms with Crippen LogP contribution in [0.2, 0.25) is 0 Å². The minimum atomic E-state index is -0.758. The fraction of sp³-hybridized carbons (Fsp3) is 0. The number of nitrogens with two attached hydrogens (primary N) is 1. The molecule has 0 heterocycles. The summed E-state index contributed by atoms with van der Waals surface area (Å²) < 4.78 is 12.5. The first-order valence-corrected chi connectivity index (χ1v) is 2.67. The van der Waals surface area contributed by atoms with Crippen molar-refractivity contribution >= 4 is 5.91 Å². The summed E-state index contributed by atoms with van der Waals surface area (Å²) in [4.78, 5) is 10.4. The SMILES string of the molecule is NC(=O)c1cc[c]cc1F. The second-order valence-electron chi connectivity index (χ2n) is 1.77. The molecule has 1 aromatic rings. The zero-order valence-electron chi connectivity index (χ0n) is 5.10. The Labute approximate surface area is 57.5 Å². The van der Waals surface area contributed by atoms with Crippen LogP contribution in [-0.2, 0) is 0 Å². The van der Waals surface area contributed by atoms with Crippen LogP contribution in [0.1, 0.15) is 10.4 Å². The number of amides is 1. The maximum absolute atomic E-state index is 12.5. The Morgan fingerprint density at radius 1 is 1.70 bits per heavy atom. The highest BCUT2D eigenvalue weighted by atomic mass is 19.1. The standard InChI is InChI=1S/C7H5FNO/c8-6-4-2-1-3-5(6)7(9)10/h1,3-4H,(H2,9,10). The summed E-state index contributed by atoms with van der Waals surface area (Å²) in [5.41, 5.74) is 4.72. The van der Waals surface area contributed by atoms with Gasteiger partial charge in [-0.2, -0.15) is 0 Å². The van der Waals surface area contributed by atoms with E-state index in [1.165, 1.54) is 12.1 Å². The van der Waals surface area contributed by atoms with E-state index in [2.05, 4.69) is 6.07 Å². The number of primary amides is 1. The molecule has 0 aliphatic rings. The molecule has 1 radical (unpaired) electrons. The normalized spacial score (nSPS) is 9.30. The van der Waals surface area contributed by atoms with E-state index in [4.69, 9.17) is 5.73 Å². The first kappa shape index (κ1) is 6.74. The summed E-state index contributed by atoms with van der Waals surface area (Å²) in [6.45, 7) is 0. The molecular weight excluding hydrogens is 133 g/mol. The number of carbonyl (C=O) groups excluding carboxylic acids is 1. The average molecular weight is 138 g/mol. The van der Waals surface area contributed by atoms with Crippen molar-refractivity contribution in [2.24, 2.45) is 5.73 Å². The highest BCUT2D eigenvalue weighted by Crippen LogP contribution is 2.03. The maximum atomic E-state index is 12.5. The molecular formula is C7H5FNO. The lowest BCUT2D eigenvalue weighted by molar-refractivity contribution is 0.0996. The first-order valence-electron chi connectivity index (χ1n) is 2.67. The monoisotopic (exact) mass is 138 g/mol. The number of hydrogen-bond donors (Lipinski definition) is 1. The Morgan fingerprint density at radius 2 is 2.40 bits per heavy atom. The molecule has 0 aliphatic carbocycles. The van der Waals surface area contributed by atoms with E-state index in [1.807, 2.05) is 0 Å². The lowest BCUT2D eigenvalue weighted by Gasteiger charge is -1.93. The van der Waals surface area contributed by atoms with E-state index >= 15 is 0 Å². The fourth-order valence-corrected chi connectivity index (χ4v) is 0.610. The van der Waals surface area contributed by atoms with Crippen LogP contribution in [0.25, 0.3) is 0 Å². The third kappa shape index (κ3) is 1.13. The maximum Gasteiger partial charge on any atom is 0.251 e. The van der Waals surface area contributed by atoms with E-state index in [0.717, 1.165) is 6.07 Å². The smallest absolute Gasteiger partial charge is 0.251 e. The molecule has 0 spiro atoms. The van der Waals surface area contributed by atoms with Gasteiger partial charge in [-0.3, -0.25) is 4.79 Å². The number of carbonyl (C=O) groups is 1. The molecule has 0 fully saturated rings. The van der Waals surface area contributed by atoms with Crippen LogP contribution in [0.3, 0.4) is 0 Å². The van der Waals surface area contributed by atoms with Crippen LogP contribution in [0.4, 0.5) is 4.39 Å². The molecule has 0 atom stereocenters. The van der Waals surface area contributed by atoms with E-state index in [-0.39, 0.29) is 5.56 Å². The van der Waals surface area contributed by atoms with Crippen LogP contribution in [-0.4, -0.2) is 5.91 Å². The average Bonchev–Trinajstić information content (AvgIpc) is 1.88. The molecule has 3 heteroatoms. The third-order valence-corrected chi connectivity index (χ3v) is 1.08. The zero-order chi connectivity index (χ0) is 7.56. The minimum Gasteiger partial charge on any atom is -0.366 e. The van der Waals surface area contributed by atoms with Crippen molar-refractivity contribution in [1.29, 1.82) is 0 Å². The lowest BCUT2D eigenvalue weighted by Crippen LogP contribution is -2.12.